The minimum atomic E-state index is -0.0312. The Hall–Kier alpha value is -2.86. The second-order valence-corrected chi connectivity index (χ2v) is 8.20. The highest BCUT2D eigenvalue weighted by atomic mass is 16.3. The van der Waals surface area contributed by atoms with Crippen LogP contribution in [0.3, 0.4) is 0 Å². The fraction of sp³-hybridized carbons (Fsp3) is 0.417. The van der Waals surface area contributed by atoms with Crippen molar-refractivity contribution in [2.24, 2.45) is 22.6 Å². The molecule has 0 spiro atoms. The van der Waals surface area contributed by atoms with Crippen LogP contribution in [-0.2, 0) is 11.4 Å². The standard InChI is InChI=1S/C14H22N4O.C10H12O/c1-9(2)8-13(19)17-10(3)11-4-6-12(7-5-11)14(15)18-16;11-7-8-2-1-3-10(6-8)9-4-5-9/h4-7,9-10H,8,16H2,1-3H3,(H2,15,18)(H,17,19);1-3,6,9,11H,4-5,7H2. The Balaban J connectivity index is 0.000000244. The Morgan fingerprint density at radius 3 is 2.37 bits per heavy atom. The monoisotopic (exact) mass is 410 g/mol. The molecule has 1 saturated carbocycles. The van der Waals surface area contributed by atoms with Gasteiger partial charge in [0, 0.05) is 12.0 Å². The Bertz CT molecular complexity index is 843. The van der Waals surface area contributed by atoms with Crippen molar-refractivity contribution in [2.45, 2.75) is 58.6 Å². The van der Waals surface area contributed by atoms with E-state index in [2.05, 4.69) is 22.6 Å². The third-order valence-electron chi connectivity index (χ3n) is 5.00. The number of amidine groups is 1. The van der Waals surface area contributed by atoms with Gasteiger partial charge in [0.15, 0.2) is 0 Å². The lowest BCUT2D eigenvalue weighted by molar-refractivity contribution is -0.122. The predicted octanol–water partition coefficient (Wildman–Crippen LogP) is 3.55. The number of carbonyl (C=O) groups excluding carboxylic acids is 1. The van der Waals surface area contributed by atoms with Gasteiger partial charge in [-0.25, -0.2) is 0 Å². The first-order valence-corrected chi connectivity index (χ1v) is 10.5. The summed E-state index contributed by atoms with van der Waals surface area (Å²) in [5.41, 5.74) is 9.84. The third-order valence-corrected chi connectivity index (χ3v) is 5.00. The second kappa shape index (κ2) is 11.4. The number of carbonyl (C=O) groups is 1. The Kier molecular flexibility index (Phi) is 8.87. The van der Waals surface area contributed by atoms with Crippen molar-refractivity contribution in [3.63, 3.8) is 0 Å². The van der Waals surface area contributed by atoms with Crippen molar-refractivity contribution in [3.8, 4) is 0 Å². The molecule has 6 N–H and O–H groups in total. The van der Waals surface area contributed by atoms with E-state index in [-0.39, 0.29) is 18.6 Å². The van der Waals surface area contributed by atoms with Gasteiger partial charge in [0.05, 0.1) is 12.6 Å². The minimum absolute atomic E-state index is 0.0312. The van der Waals surface area contributed by atoms with E-state index < -0.39 is 0 Å². The molecule has 0 bridgehead atoms. The molecule has 6 heteroatoms. The van der Waals surface area contributed by atoms with Gasteiger partial charge in [0.1, 0.15) is 5.84 Å². The van der Waals surface area contributed by atoms with E-state index in [1.165, 1.54) is 18.4 Å². The van der Waals surface area contributed by atoms with Gasteiger partial charge in [-0.1, -0.05) is 62.4 Å². The van der Waals surface area contributed by atoms with Crippen LogP contribution >= 0.6 is 0 Å². The molecule has 1 amide bonds. The second-order valence-electron chi connectivity index (χ2n) is 8.20. The Labute approximate surface area is 179 Å². The quantitative estimate of drug-likeness (QED) is 0.242. The number of hydrogen-bond acceptors (Lipinski definition) is 4. The molecule has 162 valence electrons. The molecular weight excluding hydrogens is 376 g/mol. The lowest BCUT2D eigenvalue weighted by Gasteiger charge is -2.15. The van der Waals surface area contributed by atoms with E-state index in [1.807, 2.05) is 57.2 Å². The third kappa shape index (κ3) is 7.52. The van der Waals surface area contributed by atoms with Crippen LogP contribution in [0.5, 0.6) is 0 Å². The van der Waals surface area contributed by atoms with Gasteiger partial charge in [0.2, 0.25) is 5.91 Å². The van der Waals surface area contributed by atoms with Gasteiger partial charge in [-0.3, -0.25) is 4.79 Å². The van der Waals surface area contributed by atoms with Crippen molar-refractivity contribution in [1.82, 2.24) is 5.32 Å². The number of nitrogens with one attached hydrogen (secondary N) is 1. The number of amides is 1. The summed E-state index contributed by atoms with van der Waals surface area (Å²) in [6.45, 7) is 6.16. The number of nitrogens with two attached hydrogens (primary N) is 2. The maximum Gasteiger partial charge on any atom is 0.220 e. The van der Waals surface area contributed by atoms with Gasteiger partial charge in [-0.15, -0.1) is 0 Å². The summed E-state index contributed by atoms with van der Waals surface area (Å²) < 4.78 is 0. The molecule has 0 aliphatic heterocycles. The maximum atomic E-state index is 11.7. The lowest BCUT2D eigenvalue weighted by Crippen LogP contribution is -2.27. The molecule has 0 heterocycles. The highest BCUT2D eigenvalue weighted by Crippen LogP contribution is 2.40. The first kappa shape index (κ1) is 23.4. The van der Waals surface area contributed by atoms with E-state index in [4.69, 9.17) is 16.7 Å². The van der Waals surface area contributed by atoms with E-state index >= 15 is 0 Å². The molecule has 1 unspecified atom stereocenters. The van der Waals surface area contributed by atoms with Crippen LogP contribution < -0.4 is 16.9 Å². The Morgan fingerprint density at radius 1 is 1.17 bits per heavy atom. The van der Waals surface area contributed by atoms with Crippen molar-refractivity contribution >= 4 is 11.7 Å². The zero-order valence-corrected chi connectivity index (χ0v) is 18.1. The summed E-state index contributed by atoms with van der Waals surface area (Å²) in [5.74, 6) is 6.63. The average Bonchev–Trinajstić information content (AvgIpc) is 3.58. The van der Waals surface area contributed by atoms with Crippen LogP contribution in [0.4, 0.5) is 0 Å². The van der Waals surface area contributed by atoms with Crippen LogP contribution in [-0.4, -0.2) is 16.8 Å². The topological polar surface area (TPSA) is 114 Å². The molecule has 6 nitrogen and oxygen atoms in total. The zero-order valence-electron chi connectivity index (χ0n) is 18.1. The highest BCUT2D eigenvalue weighted by molar-refractivity contribution is 5.97. The van der Waals surface area contributed by atoms with Crippen molar-refractivity contribution in [1.29, 1.82) is 0 Å². The largest absolute Gasteiger partial charge is 0.392 e. The molecule has 2 aromatic rings. The van der Waals surface area contributed by atoms with Gasteiger partial charge < -0.3 is 22.0 Å². The molecular formula is C24H34N4O2. The summed E-state index contributed by atoms with van der Waals surface area (Å²) in [6, 6.07) is 15.7. The molecule has 1 fully saturated rings. The smallest absolute Gasteiger partial charge is 0.220 e. The first-order chi connectivity index (χ1) is 14.3. The van der Waals surface area contributed by atoms with Gasteiger partial charge in [-0.2, -0.15) is 5.10 Å². The molecule has 0 radical (unpaired) electrons. The number of hydrogen-bond donors (Lipinski definition) is 4. The fourth-order valence-corrected chi connectivity index (χ4v) is 3.13. The van der Waals surface area contributed by atoms with Crippen molar-refractivity contribution in [2.75, 3.05) is 0 Å². The number of benzene rings is 2. The SMILES string of the molecule is CC(C)CC(=O)NC(C)c1ccc(/C(N)=N/N)cc1.OCc1cccc(C2CC2)c1. The maximum absolute atomic E-state index is 11.7. The molecule has 30 heavy (non-hydrogen) atoms. The van der Waals surface area contributed by atoms with Crippen LogP contribution in [0.1, 0.15) is 74.2 Å². The van der Waals surface area contributed by atoms with Gasteiger partial charge in [-0.05, 0) is 48.3 Å². The van der Waals surface area contributed by atoms with Gasteiger partial charge in [0.25, 0.3) is 0 Å². The van der Waals surface area contributed by atoms with Crippen LogP contribution in [0.2, 0.25) is 0 Å². The summed E-state index contributed by atoms with van der Waals surface area (Å²) in [5, 5.41) is 15.3. The van der Waals surface area contributed by atoms with E-state index in [0.29, 0.717) is 18.2 Å². The average molecular weight is 411 g/mol. The van der Waals surface area contributed by atoms with Crippen LogP contribution in [0.25, 0.3) is 0 Å². The minimum Gasteiger partial charge on any atom is -0.392 e. The first-order valence-electron chi connectivity index (χ1n) is 10.5. The van der Waals surface area contributed by atoms with E-state index in [1.54, 1.807) is 0 Å². The van der Waals surface area contributed by atoms with Crippen molar-refractivity contribution < 1.29 is 9.90 Å². The van der Waals surface area contributed by atoms with E-state index in [0.717, 1.165) is 22.6 Å². The summed E-state index contributed by atoms with van der Waals surface area (Å²) >= 11 is 0. The number of rotatable bonds is 7. The van der Waals surface area contributed by atoms with Crippen LogP contribution in [0.15, 0.2) is 53.6 Å². The zero-order chi connectivity index (χ0) is 22.1. The lowest BCUT2D eigenvalue weighted by atomic mass is 10.0. The van der Waals surface area contributed by atoms with E-state index in [9.17, 15) is 4.79 Å². The number of aliphatic hydroxyl groups excluding tert-OH is 1. The number of nitrogens with zero attached hydrogens (tertiary/aromatic N) is 1. The summed E-state index contributed by atoms with van der Waals surface area (Å²) in [6.07, 6.45) is 3.19. The number of aliphatic hydroxyl groups is 1. The molecule has 0 aromatic heterocycles. The number of hydrazone groups is 1. The molecule has 3 rings (SSSR count). The predicted molar refractivity (Wildman–Crippen MR) is 122 cm³/mol. The molecule has 0 saturated heterocycles. The molecule has 2 aromatic carbocycles. The summed E-state index contributed by atoms with van der Waals surface area (Å²) in [4.78, 5) is 11.7. The van der Waals surface area contributed by atoms with Crippen molar-refractivity contribution in [3.05, 3.63) is 70.8 Å². The molecule has 1 aliphatic rings. The fourth-order valence-electron chi connectivity index (χ4n) is 3.13. The van der Waals surface area contributed by atoms with Gasteiger partial charge >= 0.3 is 0 Å². The van der Waals surface area contributed by atoms with Crippen LogP contribution in [0, 0.1) is 5.92 Å². The Morgan fingerprint density at radius 2 is 1.83 bits per heavy atom. The summed E-state index contributed by atoms with van der Waals surface area (Å²) in [7, 11) is 0. The normalized spacial score (nSPS) is 14.6. The molecule has 1 atom stereocenters. The highest BCUT2D eigenvalue weighted by Gasteiger charge is 2.23. The molecule has 1 aliphatic carbocycles.